The summed E-state index contributed by atoms with van der Waals surface area (Å²) in [5, 5.41) is 11.5. The van der Waals surface area contributed by atoms with E-state index >= 15 is 0 Å². The standard InChI is InChI=1S/C12H7ClN2O2S2/c1-15-11(17)9(19-12(15)18)7-5-3-2-4-6(13)8(5)14-10(7)16/h2-4,17H,1H3. The normalized spacial score (nSPS) is 13.6. The topological polar surface area (TPSA) is 54.6 Å². The Bertz CT molecular complexity index is 895. The van der Waals surface area contributed by atoms with Crippen molar-refractivity contribution in [1.29, 1.82) is 0 Å². The van der Waals surface area contributed by atoms with Gasteiger partial charge in [0, 0.05) is 12.3 Å². The third-order valence-corrected chi connectivity index (χ3v) is 4.76. The van der Waals surface area contributed by atoms with E-state index in [1.54, 1.807) is 25.2 Å². The number of carbonyl (C=O) groups excluding carboxylic acids is 1. The molecule has 3 rings (SSSR count). The number of thiazole rings is 1. The van der Waals surface area contributed by atoms with E-state index in [-0.39, 0.29) is 5.88 Å². The molecule has 1 N–H and O–H groups in total. The lowest BCUT2D eigenvalue weighted by molar-refractivity contribution is -0.112. The molecule has 1 aromatic carbocycles. The Morgan fingerprint density at radius 1 is 1.47 bits per heavy atom. The lowest BCUT2D eigenvalue weighted by Crippen LogP contribution is -2.23. The molecule has 1 aromatic heterocycles. The maximum Gasteiger partial charge on any atom is 0.279 e. The van der Waals surface area contributed by atoms with Gasteiger partial charge in [0.15, 0.2) is 3.95 Å². The fourth-order valence-corrected chi connectivity index (χ4v) is 3.40. The lowest BCUT2D eigenvalue weighted by Gasteiger charge is -1.98. The summed E-state index contributed by atoms with van der Waals surface area (Å²) in [4.78, 5) is 16.4. The predicted molar refractivity (Wildman–Crippen MR) is 75.5 cm³/mol. The number of para-hydroxylation sites is 1. The molecule has 1 aliphatic heterocycles. The minimum Gasteiger partial charge on any atom is -0.493 e. The smallest absolute Gasteiger partial charge is 0.279 e. The van der Waals surface area contributed by atoms with Crippen LogP contribution in [0.1, 0.15) is 4.88 Å². The van der Waals surface area contributed by atoms with Crippen LogP contribution in [0.2, 0.25) is 5.02 Å². The Hall–Kier alpha value is -1.50. The summed E-state index contributed by atoms with van der Waals surface area (Å²) in [7, 11) is 1.65. The highest BCUT2D eigenvalue weighted by Gasteiger charge is 2.25. The number of benzene rings is 1. The SMILES string of the molecule is Cn1c(O)c(C2=c3cccc(Cl)c3=NC2=O)sc1=S. The van der Waals surface area contributed by atoms with E-state index in [0.717, 1.165) is 0 Å². The monoisotopic (exact) mass is 310 g/mol. The average molecular weight is 311 g/mol. The minimum atomic E-state index is -0.407. The van der Waals surface area contributed by atoms with Crippen molar-refractivity contribution in [2.24, 2.45) is 12.0 Å². The van der Waals surface area contributed by atoms with Crippen LogP contribution in [0.3, 0.4) is 0 Å². The van der Waals surface area contributed by atoms with Gasteiger partial charge in [0.25, 0.3) is 5.91 Å². The van der Waals surface area contributed by atoms with Gasteiger partial charge in [0.1, 0.15) is 4.88 Å². The molecule has 1 aliphatic rings. The highest BCUT2D eigenvalue weighted by atomic mass is 35.5. The molecule has 2 aromatic rings. The highest BCUT2D eigenvalue weighted by Crippen LogP contribution is 2.31. The molecule has 7 heteroatoms. The summed E-state index contributed by atoms with van der Waals surface area (Å²) >= 11 is 12.3. The first-order valence-corrected chi connectivity index (χ1v) is 6.92. The molecular weight excluding hydrogens is 304 g/mol. The van der Waals surface area contributed by atoms with Gasteiger partial charge in [-0.15, -0.1) is 11.3 Å². The second kappa shape index (κ2) is 4.26. The van der Waals surface area contributed by atoms with Crippen LogP contribution in [0, 0.1) is 3.95 Å². The number of hydrogen-bond acceptors (Lipinski definition) is 4. The number of hydrogen-bond donors (Lipinski definition) is 1. The molecule has 0 atom stereocenters. The van der Waals surface area contributed by atoms with Gasteiger partial charge in [-0.3, -0.25) is 9.36 Å². The first-order chi connectivity index (χ1) is 9.00. The van der Waals surface area contributed by atoms with Gasteiger partial charge in [0.2, 0.25) is 5.88 Å². The van der Waals surface area contributed by atoms with Crippen molar-refractivity contribution >= 4 is 46.6 Å². The van der Waals surface area contributed by atoms with Gasteiger partial charge < -0.3 is 5.11 Å². The average Bonchev–Trinajstić information content (AvgIpc) is 2.83. The predicted octanol–water partition coefficient (Wildman–Crippen LogP) is 1.53. The molecule has 0 saturated carbocycles. The molecule has 96 valence electrons. The van der Waals surface area contributed by atoms with E-state index in [1.807, 2.05) is 0 Å². The van der Waals surface area contributed by atoms with Gasteiger partial charge in [-0.25, -0.2) is 4.99 Å². The molecular formula is C12H7ClN2O2S2. The fourth-order valence-electron chi connectivity index (χ4n) is 1.93. The van der Waals surface area contributed by atoms with Crippen molar-refractivity contribution in [3.05, 3.63) is 42.6 Å². The number of amides is 1. The first-order valence-electron chi connectivity index (χ1n) is 5.31. The molecule has 0 radical (unpaired) electrons. The summed E-state index contributed by atoms with van der Waals surface area (Å²) in [6.07, 6.45) is 0. The third kappa shape index (κ3) is 1.75. The summed E-state index contributed by atoms with van der Waals surface area (Å²) in [5.41, 5.74) is 0.353. The van der Waals surface area contributed by atoms with Crippen LogP contribution in [-0.2, 0) is 11.8 Å². The van der Waals surface area contributed by atoms with Crippen LogP contribution in [0.4, 0.5) is 0 Å². The number of aromatic hydroxyl groups is 1. The van der Waals surface area contributed by atoms with Gasteiger partial charge in [-0.05, 0) is 18.3 Å². The van der Waals surface area contributed by atoms with E-state index < -0.39 is 5.91 Å². The molecule has 0 aliphatic carbocycles. The maximum atomic E-state index is 12.0. The zero-order valence-corrected chi connectivity index (χ0v) is 12.1. The number of halogens is 1. The maximum absolute atomic E-state index is 12.0. The van der Waals surface area contributed by atoms with Crippen LogP contribution in [-0.4, -0.2) is 15.6 Å². The van der Waals surface area contributed by atoms with Crippen LogP contribution in [0.15, 0.2) is 23.2 Å². The molecule has 0 bridgehead atoms. The van der Waals surface area contributed by atoms with Gasteiger partial charge in [-0.2, -0.15) is 0 Å². The Balaban J connectivity index is 2.47. The van der Waals surface area contributed by atoms with Gasteiger partial charge in [0.05, 0.1) is 16.0 Å². The van der Waals surface area contributed by atoms with Crippen molar-refractivity contribution in [3.8, 4) is 5.88 Å². The number of nitrogens with zero attached hydrogens (tertiary/aromatic N) is 2. The van der Waals surface area contributed by atoms with Crippen molar-refractivity contribution < 1.29 is 9.90 Å². The van der Waals surface area contributed by atoms with Crippen molar-refractivity contribution in [3.63, 3.8) is 0 Å². The summed E-state index contributed by atoms with van der Waals surface area (Å²) < 4.78 is 1.95. The molecule has 4 nitrogen and oxygen atoms in total. The largest absolute Gasteiger partial charge is 0.493 e. The molecule has 0 fully saturated rings. The van der Waals surface area contributed by atoms with Gasteiger partial charge in [-0.1, -0.05) is 23.7 Å². The van der Waals surface area contributed by atoms with E-state index in [0.29, 0.717) is 30.0 Å². The number of carbonyl (C=O) groups is 1. The van der Waals surface area contributed by atoms with E-state index in [2.05, 4.69) is 4.99 Å². The summed E-state index contributed by atoms with van der Waals surface area (Å²) in [6, 6.07) is 5.18. The Morgan fingerprint density at radius 2 is 2.21 bits per heavy atom. The van der Waals surface area contributed by atoms with Crippen molar-refractivity contribution in [1.82, 2.24) is 4.57 Å². The minimum absolute atomic E-state index is 0.0265. The fraction of sp³-hybridized carbons (Fsp3) is 0.0833. The molecule has 19 heavy (non-hydrogen) atoms. The number of fused-ring (bicyclic) bond motifs is 1. The molecule has 0 spiro atoms. The Kier molecular flexibility index (Phi) is 2.81. The molecule has 2 heterocycles. The van der Waals surface area contributed by atoms with E-state index in [1.165, 1.54) is 15.9 Å². The van der Waals surface area contributed by atoms with Crippen molar-refractivity contribution in [2.75, 3.05) is 0 Å². The molecule has 0 saturated heterocycles. The quantitative estimate of drug-likeness (QED) is 0.813. The van der Waals surface area contributed by atoms with Gasteiger partial charge >= 0.3 is 0 Å². The van der Waals surface area contributed by atoms with Crippen LogP contribution in [0.5, 0.6) is 5.88 Å². The molecule has 0 unspecified atom stereocenters. The Labute approximate surface area is 121 Å². The van der Waals surface area contributed by atoms with E-state index in [9.17, 15) is 9.90 Å². The summed E-state index contributed by atoms with van der Waals surface area (Å²) in [6.45, 7) is 0. The summed E-state index contributed by atoms with van der Waals surface area (Å²) in [5.74, 6) is -0.434. The van der Waals surface area contributed by atoms with Crippen molar-refractivity contribution in [2.45, 2.75) is 0 Å². The van der Waals surface area contributed by atoms with Crippen LogP contribution in [0.25, 0.3) is 5.57 Å². The van der Waals surface area contributed by atoms with Crippen LogP contribution < -0.4 is 10.6 Å². The zero-order valence-electron chi connectivity index (χ0n) is 9.68. The molecule has 1 amide bonds. The lowest BCUT2D eigenvalue weighted by atomic mass is 10.1. The second-order valence-electron chi connectivity index (χ2n) is 4.01. The van der Waals surface area contributed by atoms with E-state index in [4.69, 9.17) is 23.8 Å². The second-order valence-corrected chi connectivity index (χ2v) is 6.06. The van der Waals surface area contributed by atoms with Crippen LogP contribution >= 0.6 is 35.2 Å². The number of rotatable bonds is 1. The third-order valence-electron chi connectivity index (χ3n) is 2.89. The first kappa shape index (κ1) is 12.5. The Morgan fingerprint density at radius 3 is 2.84 bits per heavy atom. The highest BCUT2D eigenvalue weighted by molar-refractivity contribution is 7.73. The zero-order chi connectivity index (χ0) is 13.7. The number of aromatic nitrogens is 1.